The SMILES string of the molecule is CCCN(CCC)c1ccc(/C=C2\CCc3c2nc2ccccc2c3C(=O)[O-])cc1. The van der Waals surface area contributed by atoms with Gasteiger partial charge in [-0.3, -0.25) is 0 Å². The van der Waals surface area contributed by atoms with Crippen LogP contribution in [0.25, 0.3) is 22.6 Å². The highest BCUT2D eigenvalue weighted by Gasteiger charge is 2.23. The minimum Gasteiger partial charge on any atom is -0.545 e. The number of carbonyl (C=O) groups is 1. The molecule has 0 bridgehead atoms. The molecule has 30 heavy (non-hydrogen) atoms. The number of aromatic carboxylic acids is 1. The fourth-order valence-electron chi connectivity index (χ4n) is 4.40. The highest BCUT2D eigenvalue weighted by molar-refractivity contribution is 6.05. The summed E-state index contributed by atoms with van der Waals surface area (Å²) in [6.07, 6.45) is 5.87. The van der Waals surface area contributed by atoms with E-state index in [2.05, 4.69) is 49.1 Å². The second kappa shape index (κ2) is 8.70. The smallest absolute Gasteiger partial charge is 0.0725 e. The molecule has 0 saturated heterocycles. The Kier molecular flexibility index (Phi) is 5.84. The minimum atomic E-state index is -1.12. The van der Waals surface area contributed by atoms with E-state index in [1.54, 1.807) is 0 Å². The number of benzene rings is 2. The maximum Gasteiger partial charge on any atom is 0.0725 e. The maximum absolute atomic E-state index is 11.9. The molecular weight excluding hydrogens is 372 g/mol. The van der Waals surface area contributed by atoms with E-state index in [0.717, 1.165) is 54.7 Å². The minimum absolute atomic E-state index is 0.295. The van der Waals surface area contributed by atoms with Crippen molar-refractivity contribution in [1.29, 1.82) is 0 Å². The van der Waals surface area contributed by atoms with Crippen LogP contribution in [0.15, 0.2) is 48.5 Å². The number of fused-ring (bicyclic) bond motifs is 2. The molecule has 0 atom stereocenters. The van der Waals surface area contributed by atoms with Gasteiger partial charge in [-0.15, -0.1) is 0 Å². The van der Waals surface area contributed by atoms with Crippen molar-refractivity contribution in [2.24, 2.45) is 0 Å². The van der Waals surface area contributed by atoms with Crippen molar-refractivity contribution < 1.29 is 9.90 Å². The van der Waals surface area contributed by atoms with E-state index in [4.69, 9.17) is 4.98 Å². The first-order valence-corrected chi connectivity index (χ1v) is 10.8. The third-order valence-electron chi connectivity index (χ3n) is 5.73. The lowest BCUT2D eigenvalue weighted by atomic mass is 10.0. The Morgan fingerprint density at radius 2 is 1.73 bits per heavy atom. The molecule has 4 rings (SSSR count). The van der Waals surface area contributed by atoms with Crippen molar-refractivity contribution >= 4 is 34.2 Å². The molecule has 1 aliphatic rings. The number of nitrogens with zero attached hydrogens (tertiary/aromatic N) is 2. The van der Waals surface area contributed by atoms with Crippen LogP contribution >= 0.6 is 0 Å². The third kappa shape index (κ3) is 3.82. The van der Waals surface area contributed by atoms with Crippen LogP contribution in [0.1, 0.15) is 60.3 Å². The van der Waals surface area contributed by atoms with Gasteiger partial charge in [0, 0.05) is 29.7 Å². The van der Waals surface area contributed by atoms with Crippen molar-refractivity contribution in [2.75, 3.05) is 18.0 Å². The summed E-state index contributed by atoms with van der Waals surface area (Å²) in [5.41, 5.74) is 6.04. The van der Waals surface area contributed by atoms with E-state index in [-0.39, 0.29) is 0 Å². The zero-order chi connectivity index (χ0) is 21.1. The number of anilines is 1. The molecule has 0 unspecified atom stereocenters. The molecule has 0 N–H and O–H groups in total. The number of hydrogen-bond donors (Lipinski definition) is 0. The van der Waals surface area contributed by atoms with Gasteiger partial charge < -0.3 is 14.8 Å². The largest absolute Gasteiger partial charge is 0.545 e. The molecule has 3 aromatic rings. The van der Waals surface area contributed by atoms with Gasteiger partial charge in [-0.25, -0.2) is 4.98 Å². The molecule has 0 radical (unpaired) electrons. The molecule has 1 aliphatic carbocycles. The lowest BCUT2D eigenvalue weighted by molar-refractivity contribution is -0.254. The van der Waals surface area contributed by atoms with Gasteiger partial charge in [-0.05, 0) is 66.7 Å². The number of para-hydroxylation sites is 1. The van der Waals surface area contributed by atoms with Gasteiger partial charge >= 0.3 is 0 Å². The van der Waals surface area contributed by atoms with Gasteiger partial charge in [0.05, 0.1) is 17.2 Å². The zero-order valence-electron chi connectivity index (χ0n) is 17.6. The Balaban J connectivity index is 1.70. The van der Waals surface area contributed by atoms with E-state index in [1.165, 1.54) is 5.69 Å². The number of aromatic nitrogens is 1. The number of carboxylic acid groups (broad SMARTS) is 1. The number of carbonyl (C=O) groups excluding carboxylic acids is 1. The summed E-state index contributed by atoms with van der Waals surface area (Å²) in [6, 6.07) is 16.0. The first-order valence-electron chi connectivity index (χ1n) is 10.8. The van der Waals surface area contributed by atoms with Crippen molar-refractivity contribution in [3.8, 4) is 0 Å². The number of carboxylic acids is 1. The molecule has 0 aliphatic heterocycles. The highest BCUT2D eigenvalue weighted by atomic mass is 16.4. The van der Waals surface area contributed by atoms with Crippen LogP contribution in [0.5, 0.6) is 0 Å². The predicted molar refractivity (Wildman–Crippen MR) is 122 cm³/mol. The van der Waals surface area contributed by atoms with Gasteiger partial charge in [-0.1, -0.05) is 44.2 Å². The standard InChI is InChI=1S/C26H28N2O2/c1-3-15-28(16-4-2)20-12-9-18(10-13-20)17-19-11-14-22-24(26(29)30)21-7-5-6-8-23(21)27-25(19)22/h5-10,12-13,17H,3-4,11,14-16H2,1-2H3,(H,29,30)/p-1/b19-17+. The average molecular weight is 400 g/mol. The number of allylic oxidation sites excluding steroid dienone is 1. The van der Waals surface area contributed by atoms with Gasteiger partial charge in [0.15, 0.2) is 0 Å². The molecule has 1 heterocycles. The Bertz CT molecular complexity index is 1090. The summed E-state index contributed by atoms with van der Waals surface area (Å²) >= 11 is 0. The lowest BCUT2D eigenvalue weighted by Gasteiger charge is -2.23. The quantitative estimate of drug-likeness (QED) is 0.577. The Morgan fingerprint density at radius 1 is 1.03 bits per heavy atom. The second-order valence-corrected chi connectivity index (χ2v) is 7.87. The molecule has 4 nitrogen and oxygen atoms in total. The fourth-order valence-corrected chi connectivity index (χ4v) is 4.40. The normalized spacial score (nSPS) is 14.3. The molecule has 1 aromatic heterocycles. The Morgan fingerprint density at radius 3 is 2.40 bits per heavy atom. The van der Waals surface area contributed by atoms with Crippen molar-refractivity contribution in [2.45, 2.75) is 39.5 Å². The molecule has 2 aromatic carbocycles. The fraction of sp³-hybridized carbons (Fsp3) is 0.308. The summed E-state index contributed by atoms with van der Waals surface area (Å²) in [4.78, 5) is 19.1. The van der Waals surface area contributed by atoms with Crippen LogP contribution in [0.4, 0.5) is 5.69 Å². The van der Waals surface area contributed by atoms with Gasteiger partial charge in [0.25, 0.3) is 0 Å². The topological polar surface area (TPSA) is 56.3 Å². The average Bonchev–Trinajstić information content (AvgIpc) is 3.14. The second-order valence-electron chi connectivity index (χ2n) is 7.87. The van der Waals surface area contributed by atoms with E-state index in [1.807, 2.05) is 24.3 Å². The maximum atomic E-state index is 11.9. The van der Waals surface area contributed by atoms with Gasteiger partial charge in [0.1, 0.15) is 0 Å². The van der Waals surface area contributed by atoms with Crippen molar-refractivity contribution in [1.82, 2.24) is 4.98 Å². The van der Waals surface area contributed by atoms with Crippen LogP contribution in [-0.4, -0.2) is 24.0 Å². The van der Waals surface area contributed by atoms with Gasteiger partial charge in [-0.2, -0.15) is 0 Å². The molecule has 0 amide bonds. The Hall–Kier alpha value is -3.14. The van der Waals surface area contributed by atoms with Crippen molar-refractivity contribution in [3.63, 3.8) is 0 Å². The number of rotatable bonds is 7. The summed E-state index contributed by atoms with van der Waals surface area (Å²) in [6.45, 7) is 6.53. The predicted octanol–water partition coefficient (Wildman–Crippen LogP) is 4.71. The van der Waals surface area contributed by atoms with Crippen LogP contribution in [0, 0.1) is 0 Å². The summed E-state index contributed by atoms with van der Waals surface area (Å²) < 4.78 is 0. The number of pyridine rings is 1. The number of hydrogen-bond acceptors (Lipinski definition) is 4. The summed E-state index contributed by atoms with van der Waals surface area (Å²) in [5.74, 6) is -1.12. The van der Waals surface area contributed by atoms with Crippen LogP contribution in [-0.2, 0) is 6.42 Å². The van der Waals surface area contributed by atoms with E-state index < -0.39 is 5.97 Å². The zero-order valence-corrected chi connectivity index (χ0v) is 17.6. The first-order chi connectivity index (χ1) is 14.6. The third-order valence-corrected chi connectivity index (χ3v) is 5.73. The van der Waals surface area contributed by atoms with E-state index in [9.17, 15) is 9.90 Å². The van der Waals surface area contributed by atoms with E-state index >= 15 is 0 Å². The van der Waals surface area contributed by atoms with Crippen molar-refractivity contribution in [3.05, 3.63) is 70.9 Å². The highest BCUT2D eigenvalue weighted by Crippen LogP contribution is 2.37. The summed E-state index contributed by atoms with van der Waals surface area (Å²) in [5, 5.41) is 12.5. The first kappa shape index (κ1) is 20.1. The van der Waals surface area contributed by atoms with Crippen LogP contribution in [0.3, 0.4) is 0 Å². The van der Waals surface area contributed by atoms with Crippen LogP contribution < -0.4 is 10.0 Å². The van der Waals surface area contributed by atoms with Crippen LogP contribution in [0.2, 0.25) is 0 Å². The molecule has 0 saturated carbocycles. The summed E-state index contributed by atoms with van der Waals surface area (Å²) in [7, 11) is 0. The monoisotopic (exact) mass is 399 g/mol. The molecule has 154 valence electrons. The molecule has 0 spiro atoms. The van der Waals surface area contributed by atoms with Gasteiger partial charge in [0.2, 0.25) is 0 Å². The molecule has 0 fully saturated rings. The van der Waals surface area contributed by atoms with E-state index in [0.29, 0.717) is 22.9 Å². The lowest BCUT2D eigenvalue weighted by Crippen LogP contribution is -2.24. The molecular formula is C26H27N2O2-. The molecule has 4 heteroatoms. The Labute approximate surface area is 177 Å².